The van der Waals surface area contributed by atoms with E-state index in [1.807, 2.05) is 0 Å². The second kappa shape index (κ2) is 9.65. The molecule has 0 fully saturated rings. The van der Waals surface area contributed by atoms with Crippen LogP contribution in [0.4, 0.5) is 11.4 Å². The van der Waals surface area contributed by atoms with Crippen LogP contribution in [0.5, 0.6) is 0 Å². The van der Waals surface area contributed by atoms with Gasteiger partial charge in [-0.2, -0.15) is 0 Å². The van der Waals surface area contributed by atoms with Crippen LogP contribution >= 0.6 is 0 Å². The molecule has 1 aliphatic rings. The van der Waals surface area contributed by atoms with Crippen LogP contribution in [0.2, 0.25) is 0 Å². The number of para-hydroxylation sites is 2. The molecule has 0 amide bonds. The first kappa shape index (κ1) is 20.9. The quantitative estimate of drug-likeness (QED) is 0.468. The first-order valence-electron chi connectivity index (χ1n) is 11.1. The van der Waals surface area contributed by atoms with Gasteiger partial charge >= 0.3 is 0 Å². The highest BCUT2D eigenvalue weighted by molar-refractivity contribution is 5.86. The molecule has 0 aliphatic carbocycles. The van der Waals surface area contributed by atoms with E-state index in [2.05, 4.69) is 133 Å². The summed E-state index contributed by atoms with van der Waals surface area (Å²) in [5.41, 5.74) is 6.47. The number of nitrogens with zero attached hydrogens (tertiary/aromatic N) is 3. The van der Waals surface area contributed by atoms with Gasteiger partial charge < -0.3 is 9.80 Å². The van der Waals surface area contributed by atoms with Crippen LogP contribution in [0, 0.1) is 6.92 Å². The number of aryl methyl sites for hydroxylation is 2. The molecule has 0 bridgehead atoms. The van der Waals surface area contributed by atoms with Crippen molar-refractivity contribution in [3.05, 3.63) is 109 Å². The number of hydrogen-bond acceptors (Lipinski definition) is 2. The summed E-state index contributed by atoms with van der Waals surface area (Å²) < 4.78 is 2.26. The van der Waals surface area contributed by atoms with E-state index < -0.39 is 0 Å². The highest BCUT2D eigenvalue weighted by Crippen LogP contribution is 2.33. The number of pyridine rings is 1. The molecule has 4 rings (SSSR count). The number of hydrogen-bond donors (Lipinski definition) is 0. The van der Waals surface area contributed by atoms with Gasteiger partial charge in [0.1, 0.15) is 6.54 Å². The number of anilines is 2. The summed E-state index contributed by atoms with van der Waals surface area (Å²) in [6.07, 6.45) is 12.2. The molecule has 0 N–H and O–H groups in total. The Kier molecular flexibility index (Phi) is 6.51. The summed E-state index contributed by atoms with van der Waals surface area (Å²) >= 11 is 0. The lowest BCUT2D eigenvalue weighted by molar-refractivity contribution is -0.697. The molecule has 1 aromatic heterocycles. The summed E-state index contributed by atoms with van der Waals surface area (Å²) in [5, 5.41) is 0. The number of fused-ring (bicyclic) bond motifs is 1. The Morgan fingerprint density at radius 1 is 0.968 bits per heavy atom. The van der Waals surface area contributed by atoms with Crippen molar-refractivity contribution in [1.82, 2.24) is 0 Å². The van der Waals surface area contributed by atoms with Gasteiger partial charge in [-0.3, -0.25) is 0 Å². The molecule has 1 aliphatic heterocycles. The Labute approximate surface area is 186 Å². The van der Waals surface area contributed by atoms with Gasteiger partial charge in [-0.1, -0.05) is 48.5 Å². The monoisotopic (exact) mass is 410 g/mol. The fourth-order valence-corrected chi connectivity index (χ4v) is 4.32. The maximum atomic E-state index is 2.54. The minimum Gasteiger partial charge on any atom is -0.365 e. The molecule has 0 saturated carbocycles. The van der Waals surface area contributed by atoms with E-state index in [-0.39, 0.29) is 6.04 Å². The fourth-order valence-electron chi connectivity index (χ4n) is 4.32. The largest absolute Gasteiger partial charge is 0.365 e. The minimum atomic E-state index is 0.276. The number of allylic oxidation sites excluding steroid dienone is 2. The van der Waals surface area contributed by atoms with Gasteiger partial charge in [0.25, 0.3) is 0 Å². The highest BCUT2D eigenvalue weighted by atomic mass is 15.2. The lowest BCUT2D eigenvalue weighted by Gasteiger charge is -2.32. The first-order valence-corrected chi connectivity index (χ1v) is 11.1. The Bertz CT molecular complexity index is 1070. The van der Waals surface area contributed by atoms with E-state index in [0.717, 1.165) is 19.5 Å². The van der Waals surface area contributed by atoms with E-state index in [1.165, 1.54) is 28.1 Å². The molecule has 158 valence electrons. The van der Waals surface area contributed by atoms with Crippen LogP contribution in [-0.2, 0) is 6.54 Å². The van der Waals surface area contributed by atoms with Crippen LogP contribution < -0.4 is 14.4 Å². The lowest BCUT2D eigenvalue weighted by Crippen LogP contribution is -2.38. The van der Waals surface area contributed by atoms with Gasteiger partial charge in [-0.25, -0.2) is 4.57 Å². The van der Waals surface area contributed by atoms with Crippen LogP contribution in [0.1, 0.15) is 24.5 Å². The molecule has 2 heterocycles. The van der Waals surface area contributed by atoms with Gasteiger partial charge in [0.15, 0.2) is 12.4 Å². The third kappa shape index (κ3) is 4.88. The molecule has 0 saturated heterocycles. The average Bonchev–Trinajstić information content (AvgIpc) is 2.80. The third-order valence-electron chi connectivity index (χ3n) is 6.00. The standard InChI is InChI=1S/C28H32N3/c1-23-12-5-7-14-27(23)31(20-11-19-30-17-9-4-10-18-30)24(2)22-25-16-21-29(3)28-15-8-6-13-26(25)28/h4-10,12-18,21-22,24H,11,19-20H2,1-3H3/q+1/b25-22+. The molecule has 3 heteroatoms. The molecule has 1 unspecified atom stereocenters. The van der Waals surface area contributed by atoms with Gasteiger partial charge in [0.2, 0.25) is 0 Å². The smallest absolute Gasteiger partial charge is 0.168 e. The molecule has 31 heavy (non-hydrogen) atoms. The third-order valence-corrected chi connectivity index (χ3v) is 6.00. The fraction of sp³-hybridized carbons (Fsp3) is 0.250. The summed E-state index contributed by atoms with van der Waals surface area (Å²) in [6, 6.07) is 23.9. The topological polar surface area (TPSA) is 10.4 Å². The molecule has 0 spiro atoms. The van der Waals surface area contributed by atoms with E-state index in [4.69, 9.17) is 0 Å². The number of benzene rings is 2. The van der Waals surface area contributed by atoms with Crippen molar-refractivity contribution in [2.45, 2.75) is 32.9 Å². The van der Waals surface area contributed by atoms with Gasteiger partial charge in [0, 0.05) is 61.3 Å². The van der Waals surface area contributed by atoms with Crippen molar-refractivity contribution in [2.75, 3.05) is 23.4 Å². The molecular weight excluding hydrogens is 378 g/mol. The van der Waals surface area contributed by atoms with Gasteiger partial charge in [-0.15, -0.1) is 0 Å². The van der Waals surface area contributed by atoms with Gasteiger partial charge in [0.05, 0.1) is 0 Å². The highest BCUT2D eigenvalue weighted by Gasteiger charge is 2.18. The first-order chi connectivity index (χ1) is 15.1. The zero-order valence-electron chi connectivity index (χ0n) is 18.8. The summed E-state index contributed by atoms with van der Waals surface area (Å²) in [6.45, 7) is 6.53. The second-order valence-electron chi connectivity index (χ2n) is 8.25. The van der Waals surface area contributed by atoms with Crippen LogP contribution in [0.25, 0.3) is 5.57 Å². The van der Waals surface area contributed by atoms with Crippen molar-refractivity contribution in [1.29, 1.82) is 0 Å². The van der Waals surface area contributed by atoms with Crippen LogP contribution in [0.3, 0.4) is 0 Å². The molecule has 3 nitrogen and oxygen atoms in total. The van der Waals surface area contributed by atoms with Crippen molar-refractivity contribution >= 4 is 16.9 Å². The predicted octanol–water partition coefficient (Wildman–Crippen LogP) is 5.61. The lowest BCUT2D eigenvalue weighted by atomic mass is 9.98. The van der Waals surface area contributed by atoms with Crippen LogP contribution in [0.15, 0.2) is 97.5 Å². The van der Waals surface area contributed by atoms with E-state index in [9.17, 15) is 0 Å². The Balaban J connectivity index is 1.59. The summed E-state index contributed by atoms with van der Waals surface area (Å²) in [5.74, 6) is 0. The van der Waals surface area contributed by atoms with Crippen molar-refractivity contribution in [3.8, 4) is 0 Å². The maximum Gasteiger partial charge on any atom is 0.168 e. The summed E-state index contributed by atoms with van der Waals surface area (Å²) in [7, 11) is 2.11. The normalized spacial score (nSPS) is 15.1. The number of rotatable bonds is 7. The second-order valence-corrected chi connectivity index (χ2v) is 8.25. The number of aromatic nitrogens is 1. The zero-order chi connectivity index (χ0) is 21.6. The Hall–Kier alpha value is -3.33. The van der Waals surface area contributed by atoms with Crippen molar-refractivity contribution in [2.24, 2.45) is 0 Å². The SMILES string of the molecule is Cc1ccccc1N(CCC[n+]1ccccc1)C(C)/C=C1\C=CN(C)c2ccccc21. The molecular formula is C28H32N3+. The molecule has 2 aromatic carbocycles. The van der Waals surface area contributed by atoms with Crippen molar-refractivity contribution in [3.63, 3.8) is 0 Å². The Morgan fingerprint density at radius 3 is 2.52 bits per heavy atom. The average molecular weight is 411 g/mol. The Morgan fingerprint density at radius 2 is 1.71 bits per heavy atom. The molecule has 3 aromatic rings. The van der Waals surface area contributed by atoms with E-state index >= 15 is 0 Å². The minimum absolute atomic E-state index is 0.276. The van der Waals surface area contributed by atoms with E-state index in [0.29, 0.717) is 0 Å². The van der Waals surface area contributed by atoms with Gasteiger partial charge in [-0.05, 0) is 43.2 Å². The zero-order valence-corrected chi connectivity index (χ0v) is 18.8. The predicted molar refractivity (Wildman–Crippen MR) is 131 cm³/mol. The van der Waals surface area contributed by atoms with E-state index in [1.54, 1.807) is 0 Å². The maximum absolute atomic E-state index is 2.54. The van der Waals surface area contributed by atoms with Crippen LogP contribution in [-0.4, -0.2) is 19.6 Å². The molecule has 0 radical (unpaired) electrons. The molecule has 1 atom stereocenters. The summed E-state index contributed by atoms with van der Waals surface area (Å²) in [4.78, 5) is 4.73. The van der Waals surface area contributed by atoms with Crippen molar-refractivity contribution < 1.29 is 4.57 Å².